The molecule has 2 aromatic carbocycles. The lowest BCUT2D eigenvalue weighted by atomic mass is 9.90. The van der Waals surface area contributed by atoms with Gasteiger partial charge in [0.1, 0.15) is 6.04 Å². The van der Waals surface area contributed by atoms with E-state index in [1.165, 1.54) is 5.56 Å². The molecule has 3 aliphatic rings. The number of amides is 1. The topological polar surface area (TPSA) is 92.7 Å². The number of aryl methyl sites for hydroxylation is 1. The minimum Gasteiger partial charge on any atom is -0.465 e. The lowest BCUT2D eigenvalue weighted by molar-refractivity contribution is -0.153. The largest absolute Gasteiger partial charge is 0.465 e. The monoisotopic (exact) mass is 478 g/mol. The van der Waals surface area contributed by atoms with Crippen LogP contribution in [0.4, 0.5) is 0 Å². The van der Waals surface area contributed by atoms with Gasteiger partial charge in [0.2, 0.25) is 18.7 Å². The predicted octanol–water partition coefficient (Wildman–Crippen LogP) is 2.25. The smallest absolute Gasteiger partial charge is 0.321 e. The summed E-state index contributed by atoms with van der Waals surface area (Å²) in [6, 6.07) is 13.2. The standard InChI is InChI=1S/C26H30N4O5/c1-3-33-25(32)22-23(19-6-4-5-17(2)13-19)27-26(28-24(22)31)30-11-9-29(10-12-30)15-18-7-8-20-21(14-18)35-16-34-20/h4-8,13-14,22-23H,3,9-12,15-16H2,1-2H3,(H,27,28,31). The van der Waals surface area contributed by atoms with Gasteiger partial charge in [0.25, 0.3) is 0 Å². The van der Waals surface area contributed by atoms with Gasteiger partial charge in [0.15, 0.2) is 17.4 Å². The second-order valence-electron chi connectivity index (χ2n) is 8.98. The van der Waals surface area contributed by atoms with Gasteiger partial charge in [-0.3, -0.25) is 19.8 Å². The number of hydrogen-bond acceptors (Lipinski definition) is 8. The van der Waals surface area contributed by atoms with E-state index in [2.05, 4.69) is 21.2 Å². The molecule has 2 unspecified atom stereocenters. The van der Waals surface area contributed by atoms with E-state index in [0.717, 1.165) is 42.3 Å². The van der Waals surface area contributed by atoms with Crippen LogP contribution in [0.2, 0.25) is 0 Å². The molecule has 0 spiro atoms. The van der Waals surface area contributed by atoms with Gasteiger partial charge in [-0.25, -0.2) is 4.99 Å². The van der Waals surface area contributed by atoms with Gasteiger partial charge in [-0.1, -0.05) is 35.9 Å². The number of benzene rings is 2. The lowest BCUT2D eigenvalue weighted by Crippen LogP contribution is -2.57. The van der Waals surface area contributed by atoms with Crippen molar-refractivity contribution in [1.29, 1.82) is 0 Å². The average molecular weight is 479 g/mol. The highest BCUT2D eigenvalue weighted by atomic mass is 16.7. The molecule has 2 atom stereocenters. The van der Waals surface area contributed by atoms with Crippen LogP contribution in [0.25, 0.3) is 0 Å². The third kappa shape index (κ3) is 4.95. The molecule has 0 radical (unpaired) electrons. The van der Waals surface area contributed by atoms with Gasteiger partial charge in [-0.05, 0) is 37.1 Å². The second kappa shape index (κ2) is 9.95. The number of fused-ring (bicyclic) bond motifs is 1. The molecule has 184 valence electrons. The predicted molar refractivity (Wildman–Crippen MR) is 129 cm³/mol. The number of nitrogens with one attached hydrogen (secondary N) is 1. The van der Waals surface area contributed by atoms with Crippen molar-refractivity contribution in [2.24, 2.45) is 10.9 Å². The summed E-state index contributed by atoms with van der Waals surface area (Å²) >= 11 is 0. The van der Waals surface area contributed by atoms with Gasteiger partial charge >= 0.3 is 5.97 Å². The van der Waals surface area contributed by atoms with E-state index in [1.54, 1.807) is 6.92 Å². The fourth-order valence-electron chi connectivity index (χ4n) is 4.73. The van der Waals surface area contributed by atoms with Crippen molar-refractivity contribution < 1.29 is 23.8 Å². The maximum absolute atomic E-state index is 13.1. The molecule has 0 aromatic heterocycles. The number of carbonyl (C=O) groups is 2. The Hall–Kier alpha value is -3.59. The number of ether oxygens (including phenoxy) is 3. The number of carbonyl (C=O) groups excluding carboxylic acids is 2. The maximum Gasteiger partial charge on any atom is 0.321 e. The fourth-order valence-corrected chi connectivity index (χ4v) is 4.73. The molecule has 3 heterocycles. The summed E-state index contributed by atoms with van der Waals surface area (Å²) < 4.78 is 16.1. The summed E-state index contributed by atoms with van der Waals surface area (Å²) in [5.41, 5.74) is 3.05. The minimum absolute atomic E-state index is 0.213. The van der Waals surface area contributed by atoms with Crippen molar-refractivity contribution >= 4 is 17.8 Å². The molecule has 0 bridgehead atoms. The average Bonchev–Trinajstić information content (AvgIpc) is 3.32. The third-order valence-electron chi connectivity index (χ3n) is 6.53. The Morgan fingerprint density at radius 3 is 2.69 bits per heavy atom. The number of guanidine groups is 1. The van der Waals surface area contributed by atoms with E-state index in [9.17, 15) is 9.59 Å². The number of aliphatic imine (C=N–C) groups is 1. The Kier molecular flexibility index (Phi) is 6.59. The molecule has 1 amide bonds. The molecule has 3 aliphatic heterocycles. The molecular weight excluding hydrogens is 448 g/mol. The first-order chi connectivity index (χ1) is 17.0. The Morgan fingerprint density at radius 1 is 1.11 bits per heavy atom. The van der Waals surface area contributed by atoms with Gasteiger partial charge in [-0.2, -0.15) is 0 Å². The van der Waals surface area contributed by atoms with E-state index < -0.39 is 17.9 Å². The van der Waals surface area contributed by atoms with Crippen molar-refractivity contribution in [3.63, 3.8) is 0 Å². The second-order valence-corrected chi connectivity index (χ2v) is 8.98. The van der Waals surface area contributed by atoms with Crippen molar-refractivity contribution in [2.75, 3.05) is 39.6 Å². The Balaban J connectivity index is 1.29. The molecule has 5 rings (SSSR count). The summed E-state index contributed by atoms with van der Waals surface area (Å²) in [7, 11) is 0. The highest BCUT2D eigenvalue weighted by Crippen LogP contribution is 2.33. The quantitative estimate of drug-likeness (QED) is 0.521. The van der Waals surface area contributed by atoms with Crippen LogP contribution in [0.5, 0.6) is 11.5 Å². The zero-order valence-electron chi connectivity index (χ0n) is 20.0. The van der Waals surface area contributed by atoms with Crippen molar-refractivity contribution in [2.45, 2.75) is 26.4 Å². The van der Waals surface area contributed by atoms with Crippen LogP contribution in [0.15, 0.2) is 47.5 Å². The number of esters is 1. The van der Waals surface area contributed by atoms with Crippen LogP contribution < -0.4 is 14.8 Å². The zero-order valence-corrected chi connectivity index (χ0v) is 20.0. The summed E-state index contributed by atoms with van der Waals surface area (Å²) in [5.74, 6) is 0.167. The first-order valence-electron chi connectivity index (χ1n) is 12.0. The summed E-state index contributed by atoms with van der Waals surface area (Å²) in [6.45, 7) is 8.08. The molecule has 1 N–H and O–H groups in total. The van der Waals surface area contributed by atoms with Gasteiger partial charge in [-0.15, -0.1) is 0 Å². The van der Waals surface area contributed by atoms with Crippen molar-refractivity contribution in [1.82, 2.24) is 15.1 Å². The molecular formula is C26H30N4O5. The normalized spacial score (nSPS) is 21.9. The Bertz CT molecular complexity index is 1140. The SMILES string of the molecule is CCOC(=O)C1C(=O)NC(N2CCN(Cc3ccc4c(c3)OCO4)CC2)=NC1c1cccc(C)c1. The van der Waals surface area contributed by atoms with Gasteiger partial charge in [0.05, 0.1) is 6.61 Å². The molecule has 2 aromatic rings. The number of hydrogen-bond donors (Lipinski definition) is 1. The number of rotatable bonds is 5. The molecule has 0 aliphatic carbocycles. The first kappa shape index (κ1) is 23.2. The molecule has 0 saturated carbocycles. The van der Waals surface area contributed by atoms with Crippen LogP contribution >= 0.6 is 0 Å². The molecule has 9 heteroatoms. The van der Waals surface area contributed by atoms with Crippen molar-refractivity contribution in [3.8, 4) is 11.5 Å². The molecule has 9 nitrogen and oxygen atoms in total. The minimum atomic E-state index is -1.01. The van der Waals surface area contributed by atoms with Crippen LogP contribution in [0.3, 0.4) is 0 Å². The van der Waals surface area contributed by atoms with E-state index in [1.807, 2.05) is 43.3 Å². The summed E-state index contributed by atoms with van der Waals surface area (Å²) in [6.07, 6.45) is 0. The highest BCUT2D eigenvalue weighted by Gasteiger charge is 2.42. The molecule has 1 fully saturated rings. The fraction of sp³-hybridized carbons (Fsp3) is 0.423. The maximum atomic E-state index is 13.1. The van der Waals surface area contributed by atoms with Crippen LogP contribution in [0, 0.1) is 12.8 Å². The zero-order chi connectivity index (χ0) is 24.4. The summed E-state index contributed by atoms with van der Waals surface area (Å²) in [4.78, 5) is 35.0. The molecule has 1 saturated heterocycles. The summed E-state index contributed by atoms with van der Waals surface area (Å²) in [5, 5.41) is 2.87. The van der Waals surface area contributed by atoms with E-state index in [0.29, 0.717) is 19.0 Å². The van der Waals surface area contributed by atoms with Crippen LogP contribution in [0.1, 0.15) is 29.7 Å². The third-order valence-corrected chi connectivity index (χ3v) is 6.53. The van der Waals surface area contributed by atoms with Gasteiger partial charge < -0.3 is 19.1 Å². The van der Waals surface area contributed by atoms with Crippen molar-refractivity contribution in [3.05, 3.63) is 59.2 Å². The molecule has 35 heavy (non-hydrogen) atoms. The van der Waals surface area contributed by atoms with Crippen LogP contribution in [-0.2, 0) is 20.9 Å². The van der Waals surface area contributed by atoms with Gasteiger partial charge in [0, 0.05) is 32.7 Å². The first-order valence-corrected chi connectivity index (χ1v) is 12.0. The van der Waals surface area contributed by atoms with Crippen LogP contribution in [-0.4, -0.2) is 67.2 Å². The lowest BCUT2D eigenvalue weighted by Gasteiger charge is -2.39. The van der Waals surface area contributed by atoms with E-state index in [4.69, 9.17) is 19.2 Å². The number of nitrogens with zero attached hydrogens (tertiary/aromatic N) is 3. The van der Waals surface area contributed by atoms with E-state index >= 15 is 0 Å². The highest BCUT2D eigenvalue weighted by molar-refractivity contribution is 6.08. The Labute approximate surface area is 204 Å². The number of piperazine rings is 1. The Morgan fingerprint density at radius 2 is 1.91 bits per heavy atom. The van der Waals surface area contributed by atoms with E-state index in [-0.39, 0.29) is 19.3 Å².